The second kappa shape index (κ2) is 7.69. The highest BCUT2D eigenvalue weighted by atomic mass is 16.5. The van der Waals surface area contributed by atoms with E-state index in [2.05, 4.69) is 17.6 Å². The van der Waals surface area contributed by atoms with Crippen molar-refractivity contribution in [2.75, 3.05) is 33.4 Å². The zero-order chi connectivity index (χ0) is 15.1. The van der Waals surface area contributed by atoms with Gasteiger partial charge in [-0.15, -0.1) is 0 Å². The van der Waals surface area contributed by atoms with Crippen molar-refractivity contribution in [1.82, 2.24) is 10.6 Å². The monoisotopic (exact) mass is 290 g/mol. The van der Waals surface area contributed by atoms with Gasteiger partial charge in [-0.2, -0.15) is 0 Å². The Morgan fingerprint density at radius 3 is 2.95 bits per heavy atom. The maximum atomic E-state index is 12.1. The number of carbonyl (C=O) groups is 1. The first-order valence-electron chi connectivity index (χ1n) is 7.25. The van der Waals surface area contributed by atoms with Crippen molar-refractivity contribution in [3.8, 4) is 11.5 Å². The van der Waals surface area contributed by atoms with Gasteiger partial charge in [0.15, 0.2) is 11.5 Å². The van der Waals surface area contributed by atoms with Crippen molar-refractivity contribution < 1.29 is 14.3 Å². The standard InChI is InChI=1S/C16H22N2O3/c1-3-7-17-8-9-18-16(19)13-10-12-5-4-6-14(20-2)15(12)21-11-13/h4-6,10,17H,3,7-9,11H2,1-2H3,(H,18,19). The number of hydrogen-bond acceptors (Lipinski definition) is 4. The number of hydrogen-bond donors (Lipinski definition) is 2. The molecule has 2 rings (SSSR count). The fraction of sp³-hybridized carbons (Fsp3) is 0.438. The van der Waals surface area contributed by atoms with E-state index in [1.165, 1.54) is 0 Å². The summed E-state index contributed by atoms with van der Waals surface area (Å²) in [7, 11) is 1.61. The third-order valence-corrected chi connectivity index (χ3v) is 3.24. The van der Waals surface area contributed by atoms with Crippen LogP contribution in [0.25, 0.3) is 6.08 Å². The molecule has 0 spiro atoms. The third kappa shape index (κ3) is 3.98. The minimum Gasteiger partial charge on any atom is -0.493 e. The number of benzene rings is 1. The summed E-state index contributed by atoms with van der Waals surface area (Å²) in [4.78, 5) is 12.1. The first kappa shape index (κ1) is 15.4. The molecule has 5 heteroatoms. The molecule has 2 N–H and O–H groups in total. The van der Waals surface area contributed by atoms with Crippen LogP contribution in [0.2, 0.25) is 0 Å². The van der Waals surface area contributed by atoms with Crippen LogP contribution in [0.3, 0.4) is 0 Å². The van der Waals surface area contributed by atoms with E-state index in [1.807, 2.05) is 24.3 Å². The van der Waals surface area contributed by atoms with Gasteiger partial charge in [-0.25, -0.2) is 0 Å². The first-order valence-corrected chi connectivity index (χ1v) is 7.25. The molecule has 0 fully saturated rings. The maximum absolute atomic E-state index is 12.1. The van der Waals surface area contributed by atoms with Crippen LogP contribution in [-0.4, -0.2) is 39.3 Å². The average Bonchev–Trinajstić information content (AvgIpc) is 2.53. The molecule has 0 atom stereocenters. The average molecular weight is 290 g/mol. The molecule has 0 aliphatic carbocycles. The van der Waals surface area contributed by atoms with Gasteiger partial charge in [-0.3, -0.25) is 4.79 Å². The van der Waals surface area contributed by atoms with Crippen LogP contribution in [0.1, 0.15) is 18.9 Å². The predicted octanol–water partition coefficient (Wildman–Crippen LogP) is 1.59. The van der Waals surface area contributed by atoms with Crippen LogP contribution in [0.5, 0.6) is 11.5 Å². The lowest BCUT2D eigenvalue weighted by molar-refractivity contribution is -0.117. The highest BCUT2D eigenvalue weighted by molar-refractivity contribution is 5.99. The van der Waals surface area contributed by atoms with Gasteiger partial charge in [0.05, 0.1) is 12.7 Å². The molecular formula is C16H22N2O3. The lowest BCUT2D eigenvalue weighted by atomic mass is 10.1. The fourth-order valence-electron chi connectivity index (χ4n) is 2.15. The van der Waals surface area contributed by atoms with Gasteiger partial charge >= 0.3 is 0 Å². The smallest absolute Gasteiger partial charge is 0.250 e. The van der Waals surface area contributed by atoms with Gasteiger partial charge in [-0.05, 0) is 25.1 Å². The van der Waals surface area contributed by atoms with Crippen molar-refractivity contribution in [1.29, 1.82) is 0 Å². The van der Waals surface area contributed by atoms with Gasteiger partial charge in [0.2, 0.25) is 0 Å². The topological polar surface area (TPSA) is 59.6 Å². The summed E-state index contributed by atoms with van der Waals surface area (Å²) in [5, 5.41) is 6.13. The number of methoxy groups -OCH3 is 1. The molecular weight excluding hydrogens is 268 g/mol. The van der Waals surface area contributed by atoms with Crippen LogP contribution in [0.4, 0.5) is 0 Å². The third-order valence-electron chi connectivity index (χ3n) is 3.24. The van der Waals surface area contributed by atoms with E-state index in [-0.39, 0.29) is 12.5 Å². The summed E-state index contributed by atoms with van der Waals surface area (Å²) < 4.78 is 10.9. The Kier molecular flexibility index (Phi) is 5.63. The van der Waals surface area contributed by atoms with Gasteiger partial charge < -0.3 is 20.1 Å². The van der Waals surface area contributed by atoms with Crippen molar-refractivity contribution in [3.05, 3.63) is 29.3 Å². The summed E-state index contributed by atoms with van der Waals surface area (Å²) >= 11 is 0. The van der Waals surface area contributed by atoms with Crippen molar-refractivity contribution in [3.63, 3.8) is 0 Å². The number of carbonyl (C=O) groups excluding carboxylic acids is 1. The SMILES string of the molecule is CCCNCCNC(=O)C1=Cc2cccc(OC)c2OC1. The Bertz CT molecular complexity index is 526. The molecule has 0 saturated heterocycles. The number of para-hydroxylation sites is 1. The molecule has 1 aromatic rings. The zero-order valence-corrected chi connectivity index (χ0v) is 12.6. The molecule has 0 saturated carbocycles. The molecule has 0 radical (unpaired) electrons. The Morgan fingerprint density at radius 2 is 2.19 bits per heavy atom. The number of ether oxygens (including phenoxy) is 2. The van der Waals surface area contributed by atoms with E-state index in [1.54, 1.807) is 7.11 Å². The van der Waals surface area contributed by atoms with Crippen LogP contribution in [-0.2, 0) is 4.79 Å². The van der Waals surface area contributed by atoms with Gasteiger partial charge in [-0.1, -0.05) is 19.1 Å². The van der Waals surface area contributed by atoms with Crippen LogP contribution in [0, 0.1) is 0 Å². The van der Waals surface area contributed by atoms with Crippen LogP contribution < -0.4 is 20.1 Å². The van der Waals surface area contributed by atoms with E-state index in [0.29, 0.717) is 23.6 Å². The second-order valence-corrected chi connectivity index (χ2v) is 4.84. The lowest BCUT2D eigenvalue weighted by Crippen LogP contribution is -2.34. The second-order valence-electron chi connectivity index (χ2n) is 4.84. The molecule has 0 aromatic heterocycles. The Balaban J connectivity index is 1.95. The first-order chi connectivity index (χ1) is 10.3. The van der Waals surface area contributed by atoms with Crippen molar-refractivity contribution in [2.24, 2.45) is 0 Å². The summed E-state index contributed by atoms with van der Waals surface area (Å²) in [6.45, 7) is 4.73. The highest BCUT2D eigenvalue weighted by Crippen LogP contribution is 2.35. The number of nitrogens with one attached hydrogen (secondary N) is 2. The summed E-state index contributed by atoms with van der Waals surface area (Å²) in [5.41, 5.74) is 1.50. The number of fused-ring (bicyclic) bond motifs is 1. The van der Waals surface area contributed by atoms with Crippen LogP contribution in [0.15, 0.2) is 23.8 Å². The van der Waals surface area contributed by atoms with Gasteiger partial charge in [0.1, 0.15) is 6.61 Å². The Hall–Kier alpha value is -2.01. The Morgan fingerprint density at radius 1 is 1.33 bits per heavy atom. The van der Waals surface area contributed by atoms with Crippen molar-refractivity contribution in [2.45, 2.75) is 13.3 Å². The van der Waals surface area contributed by atoms with Crippen LogP contribution >= 0.6 is 0 Å². The van der Waals surface area contributed by atoms with E-state index < -0.39 is 0 Å². The summed E-state index contributed by atoms with van der Waals surface area (Å²) in [5.74, 6) is 1.30. The normalized spacial score (nSPS) is 13.0. The molecule has 5 nitrogen and oxygen atoms in total. The maximum Gasteiger partial charge on any atom is 0.250 e. The van der Waals surface area contributed by atoms with E-state index >= 15 is 0 Å². The molecule has 1 amide bonds. The predicted molar refractivity (Wildman–Crippen MR) is 82.6 cm³/mol. The largest absolute Gasteiger partial charge is 0.493 e. The van der Waals surface area contributed by atoms with Crippen molar-refractivity contribution >= 4 is 12.0 Å². The molecule has 1 aliphatic heterocycles. The van der Waals surface area contributed by atoms with E-state index in [4.69, 9.17) is 9.47 Å². The van der Waals surface area contributed by atoms with E-state index in [0.717, 1.165) is 25.1 Å². The number of amides is 1. The minimum atomic E-state index is -0.0817. The van der Waals surface area contributed by atoms with Gasteiger partial charge in [0.25, 0.3) is 5.91 Å². The summed E-state index contributed by atoms with van der Waals surface area (Å²) in [6, 6.07) is 5.64. The molecule has 0 bridgehead atoms. The highest BCUT2D eigenvalue weighted by Gasteiger charge is 2.19. The minimum absolute atomic E-state index is 0.0817. The molecule has 21 heavy (non-hydrogen) atoms. The molecule has 1 heterocycles. The fourth-order valence-corrected chi connectivity index (χ4v) is 2.15. The molecule has 1 aliphatic rings. The van der Waals surface area contributed by atoms with E-state index in [9.17, 15) is 4.79 Å². The zero-order valence-electron chi connectivity index (χ0n) is 12.6. The molecule has 114 valence electrons. The molecule has 1 aromatic carbocycles. The quantitative estimate of drug-likeness (QED) is 0.749. The lowest BCUT2D eigenvalue weighted by Gasteiger charge is -2.19. The molecule has 0 unspecified atom stereocenters. The van der Waals surface area contributed by atoms with Gasteiger partial charge in [0, 0.05) is 18.7 Å². The summed E-state index contributed by atoms with van der Waals surface area (Å²) in [6.07, 6.45) is 2.95. The number of rotatable bonds is 7. The Labute approximate surface area is 125 Å².